The molecule has 1 saturated heterocycles. The van der Waals surface area contributed by atoms with Crippen molar-refractivity contribution in [3.63, 3.8) is 0 Å². The molecule has 2 fully saturated rings. The van der Waals surface area contributed by atoms with Gasteiger partial charge < -0.3 is 15.4 Å². The van der Waals surface area contributed by atoms with Gasteiger partial charge in [0.1, 0.15) is 5.75 Å². The van der Waals surface area contributed by atoms with Crippen LogP contribution in [-0.2, 0) is 4.79 Å². The minimum Gasteiger partial charge on any atom is -0.484 e. The summed E-state index contributed by atoms with van der Waals surface area (Å²) in [4.78, 5) is 25.4. The Labute approximate surface area is 136 Å². The lowest BCUT2D eigenvalue weighted by Crippen LogP contribution is -2.44. The molecule has 0 radical (unpaired) electrons. The number of rotatable bonds is 4. The van der Waals surface area contributed by atoms with Crippen LogP contribution in [-0.4, -0.2) is 36.4 Å². The summed E-state index contributed by atoms with van der Waals surface area (Å²) in [6.07, 6.45) is 6.38. The fourth-order valence-corrected chi connectivity index (χ4v) is 3.82. The predicted octanol–water partition coefficient (Wildman–Crippen LogP) is 2.20. The molecule has 23 heavy (non-hydrogen) atoms. The van der Waals surface area contributed by atoms with Gasteiger partial charge in [-0.15, -0.1) is 0 Å². The van der Waals surface area contributed by atoms with E-state index in [0.717, 1.165) is 25.4 Å². The molecule has 1 heterocycles. The van der Waals surface area contributed by atoms with Gasteiger partial charge in [0, 0.05) is 18.7 Å². The predicted molar refractivity (Wildman–Crippen MR) is 87.1 cm³/mol. The number of benzene rings is 1. The summed E-state index contributed by atoms with van der Waals surface area (Å²) >= 11 is 0. The minimum absolute atomic E-state index is 0.0930. The summed E-state index contributed by atoms with van der Waals surface area (Å²) in [5.41, 5.74) is 5.72. The summed E-state index contributed by atoms with van der Waals surface area (Å²) in [6, 6.07) is 6.93. The van der Waals surface area contributed by atoms with Gasteiger partial charge in [-0.25, -0.2) is 0 Å². The Morgan fingerprint density at radius 1 is 1.09 bits per heavy atom. The third-order valence-corrected chi connectivity index (χ3v) is 5.06. The average molecular weight is 316 g/mol. The number of carbonyl (C=O) groups excluding carboxylic acids is 2. The first kappa shape index (κ1) is 15.8. The Morgan fingerprint density at radius 3 is 2.48 bits per heavy atom. The second-order valence-electron chi connectivity index (χ2n) is 6.62. The molecule has 0 unspecified atom stereocenters. The van der Waals surface area contributed by atoms with Crippen molar-refractivity contribution in [1.82, 2.24) is 4.90 Å². The lowest BCUT2D eigenvalue weighted by molar-refractivity contribution is -0.119. The SMILES string of the molecule is NC(=O)COc1ccc(C(=O)N2CC[C@@H]3CCCC[C@@H]3C2)cc1. The van der Waals surface area contributed by atoms with Crippen LogP contribution in [0.3, 0.4) is 0 Å². The van der Waals surface area contributed by atoms with Gasteiger partial charge in [0.05, 0.1) is 0 Å². The van der Waals surface area contributed by atoms with E-state index in [1.165, 1.54) is 25.7 Å². The van der Waals surface area contributed by atoms with Crippen molar-refractivity contribution in [2.24, 2.45) is 17.6 Å². The maximum Gasteiger partial charge on any atom is 0.255 e. The fourth-order valence-electron chi connectivity index (χ4n) is 3.82. The van der Waals surface area contributed by atoms with Crippen molar-refractivity contribution in [1.29, 1.82) is 0 Å². The van der Waals surface area contributed by atoms with Crippen LogP contribution in [0.5, 0.6) is 5.75 Å². The van der Waals surface area contributed by atoms with Gasteiger partial charge in [-0.2, -0.15) is 0 Å². The van der Waals surface area contributed by atoms with E-state index in [9.17, 15) is 9.59 Å². The molecule has 1 saturated carbocycles. The number of amides is 2. The summed E-state index contributed by atoms with van der Waals surface area (Å²) in [5.74, 6) is 1.62. The van der Waals surface area contributed by atoms with Gasteiger partial charge in [0.2, 0.25) is 0 Å². The average Bonchev–Trinajstić information content (AvgIpc) is 2.59. The molecule has 1 aromatic rings. The maximum absolute atomic E-state index is 12.7. The monoisotopic (exact) mass is 316 g/mol. The van der Waals surface area contributed by atoms with E-state index >= 15 is 0 Å². The van der Waals surface area contributed by atoms with E-state index in [1.54, 1.807) is 24.3 Å². The molecule has 2 aliphatic rings. The molecular weight excluding hydrogens is 292 g/mol. The van der Waals surface area contributed by atoms with Crippen molar-refractivity contribution in [2.75, 3.05) is 19.7 Å². The third kappa shape index (κ3) is 3.84. The Balaban J connectivity index is 1.60. The Morgan fingerprint density at radius 2 is 1.78 bits per heavy atom. The van der Waals surface area contributed by atoms with Gasteiger partial charge in [0.15, 0.2) is 6.61 Å². The third-order valence-electron chi connectivity index (χ3n) is 5.06. The van der Waals surface area contributed by atoms with Crippen LogP contribution in [0.25, 0.3) is 0 Å². The van der Waals surface area contributed by atoms with E-state index in [-0.39, 0.29) is 12.5 Å². The highest BCUT2D eigenvalue weighted by atomic mass is 16.5. The number of nitrogens with zero attached hydrogens (tertiary/aromatic N) is 1. The highest BCUT2D eigenvalue weighted by Gasteiger charge is 2.33. The molecule has 0 aromatic heterocycles. The molecule has 1 aliphatic carbocycles. The largest absolute Gasteiger partial charge is 0.484 e. The van der Waals surface area contributed by atoms with Crippen LogP contribution in [0, 0.1) is 11.8 Å². The molecule has 3 rings (SSSR count). The lowest BCUT2D eigenvalue weighted by Gasteiger charge is -2.41. The Bertz CT molecular complexity index is 570. The molecule has 1 aliphatic heterocycles. The van der Waals surface area contributed by atoms with Crippen molar-refractivity contribution in [3.8, 4) is 5.75 Å². The van der Waals surface area contributed by atoms with Crippen LogP contribution in [0.4, 0.5) is 0 Å². The number of fused-ring (bicyclic) bond motifs is 1. The van der Waals surface area contributed by atoms with Crippen LogP contribution in [0.15, 0.2) is 24.3 Å². The van der Waals surface area contributed by atoms with E-state index in [4.69, 9.17) is 10.5 Å². The molecule has 0 spiro atoms. The first-order valence-corrected chi connectivity index (χ1v) is 8.44. The van der Waals surface area contributed by atoms with Gasteiger partial charge >= 0.3 is 0 Å². The van der Waals surface area contributed by atoms with Crippen molar-refractivity contribution < 1.29 is 14.3 Å². The van der Waals surface area contributed by atoms with E-state index < -0.39 is 5.91 Å². The number of primary amides is 1. The molecule has 2 atom stereocenters. The Kier molecular flexibility index (Phi) is 4.84. The Hall–Kier alpha value is -2.04. The zero-order valence-corrected chi connectivity index (χ0v) is 13.4. The van der Waals surface area contributed by atoms with Crippen LogP contribution in [0.2, 0.25) is 0 Å². The van der Waals surface area contributed by atoms with Gasteiger partial charge in [-0.1, -0.05) is 19.3 Å². The highest BCUT2D eigenvalue weighted by molar-refractivity contribution is 5.94. The quantitative estimate of drug-likeness (QED) is 0.925. The van der Waals surface area contributed by atoms with Crippen molar-refractivity contribution in [3.05, 3.63) is 29.8 Å². The lowest BCUT2D eigenvalue weighted by atomic mass is 9.75. The smallest absolute Gasteiger partial charge is 0.255 e. The second-order valence-corrected chi connectivity index (χ2v) is 6.62. The van der Waals surface area contributed by atoms with Crippen LogP contribution in [0.1, 0.15) is 42.5 Å². The van der Waals surface area contributed by atoms with Gasteiger partial charge in [-0.3, -0.25) is 9.59 Å². The molecule has 5 heteroatoms. The van der Waals surface area contributed by atoms with Gasteiger partial charge in [-0.05, 0) is 48.9 Å². The maximum atomic E-state index is 12.7. The molecule has 124 valence electrons. The number of carbonyl (C=O) groups is 2. The van der Waals surface area contributed by atoms with E-state index in [1.807, 2.05) is 4.90 Å². The number of likely N-dealkylation sites (tertiary alicyclic amines) is 1. The zero-order chi connectivity index (χ0) is 16.2. The molecule has 2 amide bonds. The summed E-state index contributed by atoms with van der Waals surface area (Å²) in [5, 5.41) is 0. The first-order chi connectivity index (χ1) is 11.1. The topological polar surface area (TPSA) is 72.6 Å². The molecule has 5 nitrogen and oxygen atoms in total. The van der Waals surface area contributed by atoms with Crippen molar-refractivity contribution >= 4 is 11.8 Å². The first-order valence-electron chi connectivity index (χ1n) is 8.44. The normalized spacial score (nSPS) is 23.9. The number of hydrogen-bond donors (Lipinski definition) is 1. The van der Waals surface area contributed by atoms with Crippen LogP contribution < -0.4 is 10.5 Å². The minimum atomic E-state index is -0.513. The standard InChI is InChI=1S/C18H24N2O3/c19-17(21)12-23-16-7-5-14(6-8-16)18(22)20-10-9-13-3-1-2-4-15(13)11-20/h5-8,13,15H,1-4,9-12H2,(H2,19,21)/t13-,15+/m0/s1. The highest BCUT2D eigenvalue weighted by Crippen LogP contribution is 2.36. The summed E-state index contributed by atoms with van der Waals surface area (Å²) in [7, 11) is 0. The molecular formula is C18H24N2O3. The molecule has 1 aromatic carbocycles. The van der Waals surface area contributed by atoms with E-state index in [0.29, 0.717) is 17.2 Å². The number of ether oxygens (including phenoxy) is 1. The van der Waals surface area contributed by atoms with E-state index in [2.05, 4.69) is 0 Å². The number of hydrogen-bond acceptors (Lipinski definition) is 3. The summed E-state index contributed by atoms with van der Waals surface area (Å²) in [6.45, 7) is 1.60. The number of piperidine rings is 1. The summed E-state index contributed by atoms with van der Waals surface area (Å²) < 4.78 is 5.22. The fraction of sp³-hybridized carbons (Fsp3) is 0.556. The van der Waals surface area contributed by atoms with Crippen LogP contribution >= 0.6 is 0 Å². The van der Waals surface area contributed by atoms with Crippen molar-refractivity contribution in [2.45, 2.75) is 32.1 Å². The number of nitrogens with two attached hydrogens (primary N) is 1. The second kappa shape index (κ2) is 7.02. The molecule has 0 bridgehead atoms. The van der Waals surface area contributed by atoms with Gasteiger partial charge in [0.25, 0.3) is 11.8 Å². The zero-order valence-electron chi connectivity index (χ0n) is 13.4. The molecule has 2 N–H and O–H groups in total.